The average molecular weight is 333 g/mol. The van der Waals surface area contributed by atoms with Crippen molar-refractivity contribution in [2.45, 2.75) is 26.8 Å². The van der Waals surface area contributed by atoms with Crippen LogP contribution < -0.4 is 10.1 Å². The number of thiophene rings is 1. The topological polar surface area (TPSA) is 75.6 Å². The SMILES string of the molecule is Cc1cc(C(=O)NC(C)c2cccs2)cc(C)c1OCC(=O)O. The van der Waals surface area contributed by atoms with Gasteiger partial charge in [0.25, 0.3) is 5.91 Å². The first kappa shape index (κ1) is 17.0. The zero-order chi connectivity index (χ0) is 17.0. The van der Waals surface area contributed by atoms with Crippen molar-refractivity contribution in [2.75, 3.05) is 6.61 Å². The summed E-state index contributed by atoms with van der Waals surface area (Å²) in [7, 11) is 0. The van der Waals surface area contributed by atoms with Crippen LogP contribution in [0.15, 0.2) is 29.6 Å². The standard InChI is InChI=1S/C17H19NO4S/c1-10-7-13(8-11(2)16(10)22-9-15(19)20)17(21)18-12(3)14-5-4-6-23-14/h4-8,12H,9H2,1-3H3,(H,18,21)(H,19,20). The Balaban J connectivity index is 2.13. The zero-order valence-corrected chi connectivity index (χ0v) is 14.1. The Morgan fingerprint density at radius 3 is 2.48 bits per heavy atom. The third kappa shape index (κ3) is 4.32. The van der Waals surface area contributed by atoms with Gasteiger partial charge in [0.2, 0.25) is 0 Å². The predicted octanol–water partition coefficient (Wildman–Crippen LogP) is 3.32. The van der Waals surface area contributed by atoms with Crippen LogP contribution in [0.3, 0.4) is 0 Å². The Hall–Kier alpha value is -2.34. The highest BCUT2D eigenvalue weighted by molar-refractivity contribution is 7.10. The van der Waals surface area contributed by atoms with E-state index in [4.69, 9.17) is 9.84 Å². The largest absolute Gasteiger partial charge is 0.481 e. The van der Waals surface area contributed by atoms with Gasteiger partial charge >= 0.3 is 5.97 Å². The molecule has 0 aliphatic rings. The van der Waals surface area contributed by atoms with Crippen LogP contribution >= 0.6 is 11.3 Å². The first-order valence-electron chi connectivity index (χ1n) is 7.18. The molecule has 122 valence electrons. The first-order chi connectivity index (χ1) is 10.9. The second kappa shape index (κ2) is 7.28. The van der Waals surface area contributed by atoms with Crippen LogP contribution in [0.1, 0.15) is 39.3 Å². The van der Waals surface area contributed by atoms with E-state index in [0.29, 0.717) is 11.3 Å². The minimum absolute atomic E-state index is 0.0638. The highest BCUT2D eigenvalue weighted by Gasteiger charge is 2.15. The fourth-order valence-electron chi connectivity index (χ4n) is 2.33. The number of aryl methyl sites for hydroxylation is 2. The van der Waals surface area contributed by atoms with Gasteiger partial charge in [-0.15, -0.1) is 11.3 Å². The molecule has 0 aliphatic heterocycles. The number of nitrogens with one attached hydrogen (secondary N) is 1. The van der Waals surface area contributed by atoms with Crippen molar-refractivity contribution in [1.82, 2.24) is 5.32 Å². The van der Waals surface area contributed by atoms with Crippen LogP contribution in [0.4, 0.5) is 0 Å². The molecule has 0 fully saturated rings. The van der Waals surface area contributed by atoms with E-state index in [2.05, 4.69) is 5.32 Å². The molecule has 6 heteroatoms. The van der Waals surface area contributed by atoms with Gasteiger partial charge < -0.3 is 15.2 Å². The smallest absolute Gasteiger partial charge is 0.341 e. The summed E-state index contributed by atoms with van der Waals surface area (Å²) < 4.78 is 5.27. The van der Waals surface area contributed by atoms with Crippen LogP contribution in [-0.2, 0) is 4.79 Å². The van der Waals surface area contributed by atoms with E-state index in [1.807, 2.05) is 24.4 Å². The Morgan fingerprint density at radius 2 is 1.96 bits per heavy atom. The second-order valence-corrected chi connectivity index (χ2v) is 6.31. The number of hydrogen-bond acceptors (Lipinski definition) is 4. The van der Waals surface area contributed by atoms with Crippen molar-refractivity contribution in [3.05, 3.63) is 51.2 Å². The number of hydrogen-bond donors (Lipinski definition) is 2. The van der Waals surface area contributed by atoms with Gasteiger partial charge in [0, 0.05) is 10.4 Å². The fraction of sp³-hybridized carbons (Fsp3) is 0.294. The van der Waals surface area contributed by atoms with Gasteiger partial charge in [-0.2, -0.15) is 0 Å². The summed E-state index contributed by atoms with van der Waals surface area (Å²) in [6.07, 6.45) is 0. The molecule has 0 bridgehead atoms. The molecule has 0 aliphatic carbocycles. The van der Waals surface area contributed by atoms with Gasteiger partial charge in [-0.05, 0) is 55.5 Å². The summed E-state index contributed by atoms with van der Waals surface area (Å²) in [6, 6.07) is 7.29. The molecule has 23 heavy (non-hydrogen) atoms. The predicted molar refractivity (Wildman–Crippen MR) is 89.2 cm³/mol. The Kier molecular flexibility index (Phi) is 5.39. The molecular formula is C17H19NO4S. The molecule has 1 amide bonds. The number of carboxylic acid groups (broad SMARTS) is 1. The van der Waals surface area contributed by atoms with Gasteiger partial charge in [0.05, 0.1) is 6.04 Å². The van der Waals surface area contributed by atoms with Gasteiger partial charge in [-0.25, -0.2) is 4.79 Å². The number of rotatable bonds is 6. The summed E-state index contributed by atoms with van der Waals surface area (Å²) >= 11 is 1.60. The Morgan fingerprint density at radius 1 is 1.30 bits per heavy atom. The van der Waals surface area contributed by atoms with E-state index >= 15 is 0 Å². The molecule has 2 aromatic rings. The van der Waals surface area contributed by atoms with Crippen LogP contribution in [0.5, 0.6) is 5.75 Å². The summed E-state index contributed by atoms with van der Waals surface area (Å²) in [6.45, 7) is 5.13. The summed E-state index contributed by atoms with van der Waals surface area (Å²) in [5.41, 5.74) is 2.01. The lowest BCUT2D eigenvalue weighted by Crippen LogP contribution is -2.26. The molecule has 0 saturated carbocycles. The number of carbonyl (C=O) groups is 2. The van der Waals surface area contributed by atoms with E-state index in [1.165, 1.54) is 0 Å². The maximum absolute atomic E-state index is 12.4. The molecule has 1 aromatic carbocycles. The highest BCUT2D eigenvalue weighted by Crippen LogP contribution is 2.25. The van der Waals surface area contributed by atoms with Gasteiger partial charge in [-0.3, -0.25) is 4.79 Å². The number of amides is 1. The van der Waals surface area contributed by atoms with Crippen molar-refractivity contribution in [3.63, 3.8) is 0 Å². The molecule has 1 aromatic heterocycles. The summed E-state index contributed by atoms with van der Waals surface area (Å²) in [5, 5.41) is 13.6. The van der Waals surface area contributed by atoms with Crippen LogP contribution in [-0.4, -0.2) is 23.6 Å². The number of carboxylic acids is 1. The van der Waals surface area contributed by atoms with E-state index in [9.17, 15) is 9.59 Å². The lowest BCUT2D eigenvalue weighted by atomic mass is 10.0. The minimum atomic E-state index is -1.03. The molecule has 2 rings (SSSR count). The molecule has 0 saturated heterocycles. The van der Waals surface area contributed by atoms with Crippen LogP contribution in [0.25, 0.3) is 0 Å². The van der Waals surface area contributed by atoms with E-state index < -0.39 is 12.6 Å². The van der Waals surface area contributed by atoms with Crippen molar-refractivity contribution in [1.29, 1.82) is 0 Å². The van der Waals surface area contributed by atoms with Crippen molar-refractivity contribution in [3.8, 4) is 5.75 Å². The molecule has 2 N–H and O–H groups in total. The molecular weight excluding hydrogens is 314 g/mol. The summed E-state index contributed by atoms with van der Waals surface area (Å²) in [5.74, 6) is -0.687. The molecule has 0 spiro atoms. The maximum Gasteiger partial charge on any atom is 0.341 e. The fourth-order valence-corrected chi connectivity index (χ4v) is 3.07. The normalized spacial score (nSPS) is 11.8. The van der Waals surface area contributed by atoms with E-state index in [0.717, 1.165) is 16.0 Å². The Labute approximate surface area is 138 Å². The quantitative estimate of drug-likeness (QED) is 0.850. The second-order valence-electron chi connectivity index (χ2n) is 5.33. The van der Waals surface area contributed by atoms with Gasteiger partial charge in [0.15, 0.2) is 6.61 Å². The van der Waals surface area contributed by atoms with Crippen LogP contribution in [0.2, 0.25) is 0 Å². The summed E-state index contributed by atoms with van der Waals surface area (Å²) in [4.78, 5) is 24.1. The molecule has 1 unspecified atom stereocenters. The number of carbonyl (C=O) groups excluding carboxylic acids is 1. The van der Waals surface area contributed by atoms with Crippen molar-refractivity contribution in [2.24, 2.45) is 0 Å². The van der Waals surface area contributed by atoms with Gasteiger partial charge in [-0.1, -0.05) is 6.07 Å². The van der Waals surface area contributed by atoms with Crippen molar-refractivity contribution >= 4 is 23.2 Å². The maximum atomic E-state index is 12.4. The van der Waals surface area contributed by atoms with Gasteiger partial charge in [0.1, 0.15) is 5.75 Å². The number of ether oxygens (including phenoxy) is 1. The molecule has 1 atom stereocenters. The van der Waals surface area contributed by atoms with Crippen molar-refractivity contribution < 1.29 is 19.4 Å². The monoisotopic (exact) mass is 333 g/mol. The minimum Gasteiger partial charge on any atom is -0.481 e. The third-order valence-electron chi connectivity index (χ3n) is 3.38. The van der Waals surface area contributed by atoms with Crippen LogP contribution in [0, 0.1) is 13.8 Å². The lowest BCUT2D eigenvalue weighted by molar-refractivity contribution is -0.139. The molecule has 5 nitrogen and oxygen atoms in total. The molecule has 0 radical (unpaired) electrons. The zero-order valence-electron chi connectivity index (χ0n) is 13.3. The highest BCUT2D eigenvalue weighted by atomic mass is 32.1. The first-order valence-corrected chi connectivity index (χ1v) is 8.06. The number of aliphatic carboxylic acids is 1. The average Bonchev–Trinajstić information content (AvgIpc) is 3.00. The Bertz CT molecular complexity index is 686. The van der Waals surface area contributed by atoms with E-state index in [-0.39, 0.29) is 11.9 Å². The van der Waals surface area contributed by atoms with E-state index in [1.54, 1.807) is 37.3 Å². The third-order valence-corrected chi connectivity index (χ3v) is 4.44. The number of benzene rings is 1. The lowest BCUT2D eigenvalue weighted by Gasteiger charge is -2.15. The molecule has 1 heterocycles.